The lowest BCUT2D eigenvalue weighted by molar-refractivity contribution is 0.0693. The van der Waals surface area contributed by atoms with Gasteiger partial charge < -0.3 is 15.5 Å². The minimum Gasteiger partial charge on any atom is -0.507 e. The maximum absolute atomic E-state index is 11.7. The zero-order chi connectivity index (χ0) is 13.1. The van der Waals surface area contributed by atoms with Gasteiger partial charge in [0, 0.05) is 11.8 Å². The molecule has 0 unspecified atom stereocenters. The number of aromatic hydroxyl groups is 1. The van der Waals surface area contributed by atoms with Gasteiger partial charge in [-0.3, -0.25) is 9.78 Å². The second kappa shape index (κ2) is 4.84. The quantitative estimate of drug-likeness (QED) is 0.785. The van der Waals surface area contributed by atoms with Crippen LogP contribution >= 0.6 is 11.3 Å². The number of aromatic carboxylic acids is 1. The molecule has 0 aliphatic rings. The number of nitrogens with zero attached hydrogens (tertiary/aromatic N) is 1. The summed E-state index contributed by atoms with van der Waals surface area (Å²) in [6.45, 7) is 0. The molecule has 1 aromatic carbocycles. The Kier molecular flexibility index (Phi) is 3.24. The third-order valence-corrected chi connectivity index (χ3v) is 2.91. The molecule has 1 aromatic heterocycles. The number of benzene rings is 1. The summed E-state index contributed by atoms with van der Waals surface area (Å²) in [7, 11) is 0. The van der Waals surface area contributed by atoms with Crippen molar-refractivity contribution in [2.45, 2.75) is 0 Å². The van der Waals surface area contributed by atoms with Crippen LogP contribution in [-0.2, 0) is 0 Å². The van der Waals surface area contributed by atoms with Crippen LogP contribution in [0.4, 0.5) is 5.69 Å². The largest absolute Gasteiger partial charge is 0.507 e. The van der Waals surface area contributed by atoms with E-state index in [4.69, 9.17) is 5.11 Å². The molecule has 92 valence electrons. The molecule has 0 radical (unpaired) electrons. The molecule has 0 saturated heterocycles. The first-order valence-corrected chi connectivity index (χ1v) is 5.72. The highest BCUT2D eigenvalue weighted by atomic mass is 32.1. The van der Waals surface area contributed by atoms with Crippen LogP contribution in [0.15, 0.2) is 29.9 Å². The van der Waals surface area contributed by atoms with Crippen molar-refractivity contribution in [3.8, 4) is 5.75 Å². The molecule has 1 heterocycles. The number of anilines is 1. The molecule has 0 spiro atoms. The van der Waals surface area contributed by atoms with Gasteiger partial charge in [-0.25, -0.2) is 4.79 Å². The minimum atomic E-state index is -1.23. The summed E-state index contributed by atoms with van der Waals surface area (Å²) >= 11 is 1.18. The molecule has 0 aliphatic heterocycles. The summed E-state index contributed by atoms with van der Waals surface area (Å²) in [5.74, 6) is -1.99. The first-order valence-electron chi connectivity index (χ1n) is 4.84. The molecule has 2 rings (SSSR count). The molecule has 0 saturated carbocycles. The Hall–Kier alpha value is -2.41. The molecular weight excluding hydrogens is 256 g/mol. The number of phenols is 1. The lowest BCUT2D eigenvalue weighted by Gasteiger charge is -2.05. The van der Waals surface area contributed by atoms with E-state index in [-0.39, 0.29) is 11.5 Å². The van der Waals surface area contributed by atoms with Crippen molar-refractivity contribution in [2.75, 3.05) is 5.32 Å². The predicted molar refractivity (Wildman–Crippen MR) is 65.1 cm³/mol. The van der Waals surface area contributed by atoms with E-state index in [9.17, 15) is 14.7 Å². The van der Waals surface area contributed by atoms with Gasteiger partial charge in [-0.1, -0.05) is 0 Å². The number of carboxylic acid groups (broad SMARTS) is 1. The van der Waals surface area contributed by atoms with Gasteiger partial charge in [-0.2, -0.15) is 0 Å². The zero-order valence-electron chi connectivity index (χ0n) is 8.95. The summed E-state index contributed by atoms with van der Waals surface area (Å²) in [4.78, 5) is 26.6. The van der Waals surface area contributed by atoms with Gasteiger partial charge in [0.15, 0.2) is 0 Å². The highest BCUT2D eigenvalue weighted by molar-refractivity contribution is 7.11. The fourth-order valence-electron chi connectivity index (χ4n) is 1.31. The highest BCUT2D eigenvalue weighted by Crippen LogP contribution is 2.22. The fourth-order valence-corrected chi connectivity index (χ4v) is 1.83. The number of hydrogen-bond donors (Lipinski definition) is 3. The first kappa shape index (κ1) is 12.1. The Labute approximate surface area is 106 Å². The van der Waals surface area contributed by atoms with Crippen molar-refractivity contribution in [1.29, 1.82) is 0 Å². The van der Waals surface area contributed by atoms with Crippen LogP contribution in [0.1, 0.15) is 20.0 Å². The number of carbonyl (C=O) groups excluding carboxylic acids is 1. The van der Waals surface area contributed by atoms with Gasteiger partial charge >= 0.3 is 5.97 Å². The number of thiazole rings is 1. The highest BCUT2D eigenvalue weighted by Gasteiger charge is 2.12. The molecule has 6 nitrogen and oxygen atoms in total. The zero-order valence-corrected chi connectivity index (χ0v) is 9.77. The van der Waals surface area contributed by atoms with Gasteiger partial charge in [0.1, 0.15) is 16.2 Å². The SMILES string of the molecule is O=C(Nc1ccc(C(=O)O)c(O)c1)c1cncs1. The molecule has 0 aliphatic carbocycles. The Bertz CT molecular complexity index is 595. The van der Waals surface area contributed by atoms with Crippen molar-refractivity contribution in [2.24, 2.45) is 0 Å². The van der Waals surface area contributed by atoms with Gasteiger partial charge in [0.25, 0.3) is 5.91 Å². The van der Waals surface area contributed by atoms with E-state index < -0.39 is 11.7 Å². The molecular formula is C11H8N2O4S. The lowest BCUT2D eigenvalue weighted by Crippen LogP contribution is -2.10. The number of carbonyl (C=O) groups is 2. The summed E-state index contributed by atoms with van der Waals surface area (Å²) in [5.41, 5.74) is 1.63. The Morgan fingerprint density at radius 3 is 2.67 bits per heavy atom. The molecule has 2 aromatic rings. The number of nitrogens with one attached hydrogen (secondary N) is 1. The molecule has 7 heteroatoms. The summed E-state index contributed by atoms with van der Waals surface area (Å²) in [6.07, 6.45) is 1.42. The van der Waals surface area contributed by atoms with Gasteiger partial charge in [0.2, 0.25) is 0 Å². The molecule has 1 amide bonds. The number of amides is 1. The van der Waals surface area contributed by atoms with E-state index in [0.29, 0.717) is 10.6 Å². The average Bonchev–Trinajstić information content (AvgIpc) is 2.81. The van der Waals surface area contributed by atoms with Crippen molar-refractivity contribution in [1.82, 2.24) is 4.98 Å². The maximum Gasteiger partial charge on any atom is 0.339 e. The third-order valence-electron chi connectivity index (χ3n) is 2.14. The molecule has 3 N–H and O–H groups in total. The minimum absolute atomic E-state index is 0.217. The van der Waals surface area contributed by atoms with Crippen LogP contribution in [-0.4, -0.2) is 27.1 Å². The first-order chi connectivity index (χ1) is 8.58. The Morgan fingerprint density at radius 1 is 1.33 bits per heavy atom. The Balaban J connectivity index is 2.18. The average molecular weight is 264 g/mol. The van der Waals surface area contributed by atoms with Crippen LogP contribution in [0.2, 0.25) is 0 Å². The third kappa shape index (κ3) is 2.46. The number of rotatable bonds is 3. The van der Waals surface area contributed by atoms with E-state index >= 15 is 0 Å². The molecule has 18 heavy (non-hydrogen) atoms. The van der Waals surface area contributed by atoms with E-state index in [1.807, 2.05) is 0 Å². The van der Waals surface area contributed by atoms with Crippen LogP contribution in [0.25, 0.3) is 0 Å². The number of aromatic nitrogens is 1. The smallest absolute Gasteiger partial charge is 0.339 e. The van der Waals surface area contributed by atoms with Crippen LogP contribution < -0.4 is 5.32 Å². The molecule has 0 fully saturated rings. The summed E-state index contributed by atoms with van der Waals surface area (Å²) in [6, 6.07) is 3.81. The summed E-state index contributed by atoms with van der Waals surface area (Å²) in [5, 5.41) is 20.7. The predicted octanol–water partition coefficient (Wildman–Crippen LogP) is 1.80. The monoisotopic (exact) mass is 264 g/mol. The van der Waals surface area contributed by atoms with Crippen molar-refractivity contribution >= 4 is 28.9 Å². The molecule has 0 atom stereocenters. The summed E-state index contributed by atoms with van der Waals surface area (Å²) < 4.78 is 0. The van der Waals surface area contributed by atoms with Gasteiger partial charge in [-0.05, 0) is 12.1 Å². The van der Waals surface area contributed by atoms with E-state index in [1.165, 1.54) is 41.2 Å². The maximum atomic E-state index is 11.7. The van der Waals surface area contributed by atoms with E-state index in [1.54, 1.807) is 0 Å². The van der Waals surface area contributed by atoms with Crippen LogP contribution in [0, 0.1) is 0 Å². The standard InChI is InChI=1S/C11H8N2O4S/c14-8-3-6(1-2-7(8)11(16)17)13-10(15)9-4-12-5-18-9/h1-5,14H,(H,13,15)(H,16,17). The van der Waals surface area contributed by atoms with E-state index in [0.717, 1.165) is 0 Å². The second-order valence-electron chi connectivity index (χ2n) is 3.36. The fraction of sp³-hybridized carbons (Fsp3) is 0. The number of hydrogen-bond acceptors (Lipinski definition) is 5. The van der Waals surface area contributed by atoms with Crippen molar-refractivity contribution < 1.29 is 19.8 Å². The molecule has 0 bridgehead atoms. The van der Waals surface area contributed by atoms with E-state index in [2.05, 4.69) is 10.3 Å². The van der Waals surface area contributed by atoms with Gasteiger partial charge in [0.05, 0.1) is 11.7 Å². The number of carboxylic acids is 1. The van der Waals surface area contributed by atoms with Crippen molar-refractivity contribution in [3.05, 3.63) is 40.3 Å². The topological polar surface area (TPSA) is 99.5 Å². The van der Waals surface area contributed by atoms with Crippen LogP contribution in [0.3, 0.4) is 0 Å². The normalized spacial score (nSPS) is 10.0. The lowest BCUT2D eigenvalue weighted by atomic mass is 10.2. The van der Waals surface area contributed by atoms with Crippen molar-refractivity contribution in [3.63, 3.8) is 0 Å². The second-order valence-corrected chi connectivity index (χ2v) is 4.24. The van der Waals surface area contributed by atoms with Gasteiger partial charge in [-0.15, -0.1) is 11.3 Å². The Morgan fingerprint density at radius 2 is 2.11 bits per heavy atom. The van der Waals surface area contributed by atoms with Crippen LogP contribution in [0.5, 0.6) is 5.75 Å².